The van der Waals surface area contributed by atoms with Gasteiger partial charge in [0.25, 0.3) is 5.91 Å². The van der Waals surface area contributed by atoms with Gasteiger partial charge in [-0.15, -0.1) is 5.10 Å². The van der Waals surface area contributed by atoms with E-state index in [0.717, 1.165) is 39.4 Å². The number of benzene rings is 2. The van der Waals surface area contributed by atoms with Crippen molar-refractivity contribution in [1.29, 1.82) is 0 Å². The Morgan fingerprint density at radius 2 is 1.68 bits per heavy atom. The molecule has 1 atom stereocenters. The van der Waals surface area contributed by atoms with E-state index in [1.807, 2.05) is 36.4 Å². The van der Waals surface area contributed by atoms with Gasteiger partial charge in [0.15, 0.2) is 11.3 Å². The normalized spacial score (nSPS) is 18.0. The van der Waals surface area contributed by atoms with E-state index in [2.05, 4.69) is 53.8 Å². The van der Waals surface area contributed by atoms with Gasteiger partial charge in [-0.3, -0.25) is 15.1 Å². The van der Waals surface area contributed by atoms with Gasteiger partial charge < -0.3 is 5.11 Å². The maximum Gasteiger partial charge on any atom is 0.276 e. The summed E-state index contributed by atoms with van der Waals surface area (Å²) in [6.45, 7) is 14.7. The Hall–Kier alpha value is -2.80. The van der Waals surface area contributed by atoms with Crippen molar-refractivity contribution >= 4 is 28.5 Å². The van der Waals surface area contributed by atoms with Crippen LogP contribution in [0.25, 0.3) is 5.70 Å². The zero-order chi connectivity index (χ0) is 24.8. The van der Waals surface area contributed by atoms with Crippen molar-refractivity contribution in [3.8, 4) is 5.75 Å². The number of nitrogens with one attached hydrogen (secondary N) is 1. The molecule has 0 aliphatic carbocycles. The summed E-state index contributed by atoms with van der Waals surface area (Å²) in [4.78, 5) is 18.3. The Morgan fingerprint density at radius 3 is 2.26 bits per heavy atom. The molecule has 2 aromatic carbocycles. The monoisotopic (exact) mass is 478 g/mol. The van der Waals surface area contributed by atoms with Gasteiger partial charge in [-0.1, -0.05) is 78.4 Å². The number of phenols is 1. The minimum Gasteiger partial charge on any atom is -0.507 e. The van der Waals surface area contributed by atoms with Crippen molar-refractivity contribution in [3.05, 3.63) is 63.7 Å². The second-order valence-corrected chi connectivity index (χ2v) is 12.0. The number of thioether (sulfide) groups is 1. The van der Waals surface area contributed by atoms with Crippen molar-refractivity contribution in [2.24, 2.45) is 10.1 Å². The largest absolute Gasteiger partial charge is 0.507 e. The highest BCUT2D eigenvalue weighted by Gasteiger charge is 2.36. The van der Waals surface area contributed by atoms with Gasteiger partial charge in [-0.05, 0) is 52.1 Å². The summed E-state index contributed by atoms with van der Waals surface area (Å²) >= 11 is 1.53. The summed E-state index contributed by atoms with van der Waals surface area (Å²) in [5.74, 6) is 1.01. The Morgan fingerprint density at radius 1 is 1.06 bits per heavy atom. The number of phenolic OH excluding ortho intramolecular Hbond substituents is 1. The van der Waals surface area contributed by atoms with Crippen molar-refractivity contribution in [3.63, 3.8) is 0 Å². The van der Waals surface area contributed by atoms with Crippen LogP contribution in [0.1, 0.15) is 77.7 Å². The summed E-state index contributed by atoms with van der Waals surface area (Å²) in [5.41, 5.74) is 2.57. The van der Waals surface area contributed by atoms with Crippen molar-refractivity contribution < 1.29 is 9.90 Å². The molecule has 1 unspecified atom stereocenters. The van der Waals surface area contributed by atoms with E-state index >= 15 is 0 Å². The number of hydrogen-bond donors (Lipinski definition) is 2. The zero-order valence-electron chi connectivity index (χ0n) is 21.1. The smallest absolute Gasteiger partial charge is 0.276 e. The maximum absolute atomic E-state index is 13.3. The van der Waals surface area contributed by atoms with Crippen molar-refractivity contribution in [1.82, 2.24) is 10.3 Å². The molecule has 180 valence electrons. The minimum absolute atomic E-state index is 0.174. The van der Waals surface area contributed by atoms with Gasteiger partial charge >= 0.3 is 0 Å². The number of aromatic hydroxyl groups is 1. The molecule has 2 aliphatic rings. The number of nitrogens with zero attached hydrogens (tertiary/aromatic N) is 3. The van der Waals surface area contributed by atoms with Gasteiger partial charge in [0.2, 0.25) is 0 Å². The average molecular weight is 479 g/mol. The van der Waals surface area contributed by atoms with Gasteiger partial charge in [0.05, 0.1) is 5.36 Å². The van der Waals surface area contributed by atoms with Crippen LogP contribution in [0, 0.1) is 0 Å². The standard InChI is InChI=1S/C27H34N4O2S/c1-8-13-34-25-29-24(33)21-17-11-9-10-12-20(17)28-23(31(21)30-25)16-14-18(26(2,3)4)22(32)19(15-16)27(5,6)7/h9-12,14-15,23,32H,8,13H2,1-7H3,(H,29,30,33). The first kappa shape index (κ1) is 24.3. The van der Waals surface area contributed by atoms with Gasteiger partial charge in [0.1, 0.15) is 11.4 Å². The number of fused-ring (bicyclic) bond motifs is 2. The number of amidine groups is 1. The summed E-state index contributed by atoms with van der Waals surface area (Å²) < 4.78 is 0. The Bertz CT molecular complexity index is 1250. The molecular formula is C27H34N4O2S. The van der Waals surface area contributed by atoms with E-state index in [0.29, 0.717) is 16.6 Å². The third kappa shape index (κ3) is 4.45. The van der Waals surface area contributed by atoms with Gasteiger partial charge in [0, 0.05) is 11.0 Å². The molecule has 7 heteroatoms. The highest BCUT2D eigenvalue weighted by molar-refractivity contribution is 8.13. The van der Waals surface area contributed by atoms with Crippen molar-refractivity contribution in [2.75, 3.05) is 5.75 Å². The molecule has 0 spiro atoms. The summed E-state index contributed by atoms with van der Waals surface area (Å²) in [5, 5.41) is 22.9. The highest BCUT2D eigenvalue weighted by atomic mass is 32.2. The molecule has 0 saturated heterocycles. The fourth-order valence-electron chi connectivity index (χ4n) is 4.26. The molecule has 0 bridgehead atoms. The lowest BCUT2D eigenvalue weighted by molar-refractivity contribution is -0.116. The van der Waals surface area contributed by atoms with Crippen LogP contribution < -0.4 is 15.9 Å². The number of para-hydroxylation sites is 1. The predicted octanol–water partition coefficient (Wildman–Crippen LogP) is 4.27. The summed E-state index contributed by atoms with van der Waals surface area (Å²) in [6, 6.07) is 11.7. The van der Waals surface area contributed by atoms with E-state index in [4.69, 9.17) is 10.1 Å². The average Bonchev–Trinajstić information content (AvgIpc) is 2.75. The molecule has 1 amide bonds. The second kappa shape index (κ2) is 8.77. The number of hydrogen-bond acceptors (Lipinski definition) is 6. The first-order chi connectivity index (χ1) is 15.9. The second-order valence-electron chi connectivity index (χ2n) is 10.9. The number of rotatable bonds is 3. The molecule has 2 aliphatic heterocycles. The molecule has 0 aromatic heterocycles. The lowest BCUT2D eigenvalue weighted by Crippen LogP contribution is -2.50. The summed E-state index contributed by atoms with van der Waals surface area (Å²) in [7, 11) is 0. The fraction of sp³-hybridized carbons (Fsp3) is 0.444. The van der Waals surface area contributed by atoms with Crippen molar-refractivity contribution in [2.45, 2.75) is 71.9 Å². The Balaban J connectivity index is 1.99. The molecule has 2 heterocycles. The number of carbonyl (C=O) groups is 1. The third-order valence-corrected chi connectivity index (χ3v) is 7.07. The van der Waals surface area contributed by atoms with Crippen LogP contribution in [0.4, 0.5) is 0 Å². The number of hydrazone groups is 1. The van der Waals surface area contributed by atoms with Crippen LogP contribution in [-0.4, -0.2) is 26.9 Å². The zero-order valence-corrected chi connectivity index (χ0v) is 21.9. The van der Waals surface area contributed by atoms with Crippen LogP contribution in [0.15, 0.2) is 46.5 Å². The minimum atomic E-state index is -0.518. The molecular weight excluding hydrogens is 444 g/mol. The fourth-order valence-corrected chi connectivity index (χ4v) is 4.97. The first-order valence-corrected chi connectivity index (χ1v) is 12.8. The van der Waals surface area contributed by atoms with Crippen LogP contribution in [0.3, 0.4) is 0 Å². The van der Waals surface area contributed by atoms with E-state index < -0.39 is 6.17 Å². The van der Waals surface area contributed by atoms with Gasteiger partial charge in [-0.25, -0.2) is 5.01 Å². The van der Waals surface area contributed by atoms with Crippen LogP contribution in [0.2, 0.25) is 0 Å². The molecule has 2 aromatic rings. The quantitative estimate of drug-likeness (QED) is 0.691. The molecule has 2 N–H and O–H groups in total. The van der Waals surface area contributed by atoms with Crippen LogP contribution in [-0.2, 0) is 15.6 Å². The SMILES string of the molecule is CCCSC1=NN2C(=c3ccccc3=NC2c2cc(C(C)(C)C)c(O)c(C(C)(C)C)c2)C(=O)N1. The Kier molecular flexibility index (Phi) is 6.27. The van der Waals surface area contributed by atoms with Gasteiger partial charge in [-0.2, -0.15) is 0 Å². The van der Waals surface area contributed by atoms with E-state index in [1.165, 1.54) is 11.8 Å². The highest BCUT2D eigenvalue weighted by Crippen LogP contribution is 2.42. The molecule has 0 fully saturated rings. The van der Waals surface area contributed by atoms with E-state index in [-0.39, 0.29) is 16.7 Å². The molecule has 0 saturated carbocycles. The molecule has 4 rings (SSSR count). The molecule has 6 nitrogen and oxygen atoms in total. The maximum atomic E-state index is 13.3. The number of carbonyl (C=O) groups excluding carboxylic acids is 1. The predicted molar refractivity (Wildman–Crippen MR) is 139 cm³/mol. The molecule has 0 radical (unpaired) electrons. The third-order valence-electron chi connectivity index (χ3n) is 6.00. The summed E-state index contributed by atoms with van der Waals surface area (Å²) in [6.07, 6.45) is 0.463. The first-order valence-electron chi connectivity index (χ1n) is 11.8. The topological polar surface area (TPSA) is 77.3 Å². The van der Waals surface area contributed by atoms with E-state index in [9.17, 15) is 9.90 Å². The Labute approximate surface area is 205 Å². The van der Waals surface area contributed by atoms with Crippen LogP contribution in [0.5, 0.6) is 5.75 Å². The van der Waals surface area contributed by atoms with Crippen LogP contribution >= 0.6 is 11.8 Å². The lowest BCUT2D eigenvalue weighted by atomic mass is 9.78. The lowest BCUT2D eigenvalue weighted by Gasteiger charge is -2.35. The number of amides is 1. The molecule has 34 heavy (non-hydrogen) atoms. The van der Waals surface area contributed by atoms with E-state index in [1.54, 1.807) is 5.01 Å².